The van der Waals surface area contributed by atoms with Gasteiger partial charge in [-0.2, -0.15) is 17.0 Å². The molecule has 1 aromatic heterocycles. The molecular formula is C38H53FN8O5S. The van der Waals surface area contributed by atoms with E-state index in [0.29, 0.717) is 56.8 Å². The van der Waals surface area contributed by atoms with Crippen LogP contribution in [0.1, 0.15) is 57.3 Å². The highest BCUT2D eigenvalue weighted by Crippen LogP contribution is 2.43. The molecule has 2 aromatic rings. The molecular weight excluding hydrogens is 700 g/mol. The molecule has 5 fully saturated rings. The van der Waals surface area contributed by atoms with Crippen molar-refractivity contribution in [2.24, 2.45) is 23.2 Å². The van der Waals surface area contributed by atoms with Crippen molar-refractivity contribution in [2.45, 2.75) is 59.0 Å². The number of hydrogen-bond acceptors (Lipinski definition) is 9. The number of carbonyl (C=O) groups is 2. The van der Waals surface area contributed by atoms with Crippen LogP contribution in [0.15, 0.2) is 43.4 Å². The number of benzene rings is 1. The second-order valence-electron chi connectivity index (χ2n) is 16.3. The number of anilines is 1. The van der Waals surface area contributed by atoms with Gasteiger partial charge in [0.25, 0.3) is 16.1 Å². The monoisotopic (exact) mass is 752 g/mol. The minimum absolute atomic E-state index is 0.0768. The van der Waals surface area contributed by atoms with Gasteiger partial charge in [0, 0.05) is 84.1 Å². The molecule has 0 bridgehead atoms. The molecule has 0 N–H and O–H groups in total. The number of likely N-dealkylation sites (tertiary alicyclic amines) is 2. The fourth-order valence-electron chi connectivity index (χ4n) is 9.39. The molecule has 6 heterocycles. The Morgan fingerprint density at radius 1 is 1.00 bits per heavy atom. The van der Waals surface area contributed by atoms with Crippen LogP contribution in [-0.2, 0) is 15.0 Å². The predicted molar refractivity (Wildman–Crippen MR) is 199 cm³/mol. The van der Waals surface area contributed by atoms with Gasteiger partial charge in [0.15, 0.2) is 11.6 Å². The van der Waals surface area contributed by atoms with E-state index in [2.05, 4.69) is 26.3 Å². The lowest BCUT2D eigenvalue weighted by Gasteiger charge is -2.54. The summed E-state index contributed by atoms with van der Waals surface area (Å²) in [7, 11) is -3.52. The third-order valence-corrected chi connectivity index (χ3v) is 14.0. The quantitative estimate of drug-likeness (QED) is 0.317. The Hall–Kier alpha value is -3.66. The van der Waals surface area contributed by atoms with Gasteiger partial charge in [-0.25, -0.2) is 14.4 Å². The third kappa shape index (κ3) is 7.54. The fourth-order valence-corrected chi connectivity index (χ4v) is 11.1. The van der Waals surface area contributed by atoms with Gasteiger partial charge >= 0.3 is 0 Å². The van der Waals surface area contributed by atoms with Crippen molar-refractivity contribution >= 4 is 27.8 Å². The summed E-state index contributed by atoms with van der Waals surface area (Å²) in [4.78, 5) is 42.6. The number of carbonyl (C=O) groups excluding carboxylic acids is 2. The number of amides is 2. The summed E-state index contributed by atoms with van der Waals surface area (Å²) in [6.07, 6.45) is 7.15. The average Bonchev–Trinajstić information content (AvgIpc) is 3.84. The number of piperidine rings is 1. The molecule has 3 atom stereocenters. The number of hydrogen-bond donors (Lipinski definition) is 0. The third-order valence-electron chi connectivity index (χ3n) is 12.0. The molecule has 7 rings (SSSR count). The van der Waals surface area contributed by atoms with E-state index in [1.165, 1.54) is 30.6 Å². The van der Waals surface area contributed by atoms with Crippen LogP contribution in [0.3, 0.4) is 0 Å². The summed E-state index contributed by atoms with van der Waals surface area (Å²) in [6, 6.07) is 3.86. The van der Waals surface area contributed by atoms with Crippen molar-refractivity contribution in [3.63, 3.8) is 0 Å². The van der Waals surface area contributed by atoms with Crippen molar-refractivity contribution < 1.29 is 27.1 Å². The van der Waals surface area contributed by atoms with Crippen LogP contribution in [0.2, 0.25) is 0 Å². The lowest BCUT2D eigenvalue weighted by Crippen LogP contribution is -2.62. The minimum Gasteiger partial charge on any atom is -0.451 e. The summed E-state index contributed by atoms with van der Waals surface area (Å²) in [5, 5.41) is 0. The van der Waals surface area contributed by atoms with E-state index in [0.717, 1.165) is 52.0 Å². The molecule has 1 spiro atoms. The number of halogens is 1. The van der Waals surface area contributed by atoms with Crippen molar-refractivity contribution in [1.82, 2.24) is 33.3 Å². The van der Waals surface area contributed by atoms with E-state index >= 15 is 0 Å². The number of nitrogens with zero attached hydrogens (tertiary/aromatic N) is 8. The Labute approximate surface area is 312 Å². The highest BCUT2D eigenvalue weighted by Gasteiger charge is 2.50. The second kappa shape index (κ2) is 14.9. The van der Waals surface area contributed by atoms with Crippen molar-refractivity contribution in [3.05, 3.63) is 54.8 Å². The molecule has 5 aliphatic heterocycles. The van der Waals surface area contributed by atoms with Crippen LogP contribution >= 0.6 is 0 Å². The van der Waals surface area contributed by atoms with Gasteiger partial charge in [-0.05, 0) is 94.4 Å². The van der Waals surface area contributed by atoms with Gasteiger partial charge in [-0.15, -0.1) is 0 Å². The predicted octanol–water partition coefficient (Wildman–Crippen LogP) is 3.71. The first kappa shape index (κ1) is 37.6. The van der Waals surface area contributed by atoms with E-state index in [1.54, 1.807) is 24.6 Å². The zero-order valence-corrected chi connectivity index (χ0v) is 32.2. The molecule has 0 radical (unpaired) electrons. The summed E-state index contributed by atoms with van der Waals surface area (Å²) < 4.78 is 51.3. The van der Waals surface area contributed by atoms with E-state index in [4.69, 9.17) is 4.74 Å². The molecule has 5 saturated heterocycles. The van der Waals surface area contributed by atoms with E-state index in [1.807, 2.05) is 27.7 Å². The molecule has 15 heteroatoms. The van der Waals surface area contributed by atoms with Gasteiger partial charge in [0.05, 0.1) is 11.8 Å². The lowest BCUT2D eigenvalue weighted by molar-refractivity contribution is -0.125. The molecule has 53 heavy (non-hydrogen) atoms. The van der Waals surface area contributed by atoms with Crippen LogP contribution in [0.4, 0.5) is 10.2 Å². The number of rotatable bonds is 11. The smallest absolute Gasteiger partial charge is 0.281 e. The summed E-state index contributed by atoms with van der Waals surface area (Å²) >= 11 is 0. The summed E-state index contributed by atoms with van der Waals surface area (Å²) in [5.74, 6) is 1.24. The molecule has 2 amide bonds. The average molecular weight is 753 g/mol. The summed E-state index contributed by atoms with van der Waals surface area (Å²) in [6.45, 7) is 19.1. The topological polar surface area (TPSA) is 123 Å². The Kier molecular flexibility index (Phi) is 10.6. The Morgan fingerprint density at radius 3 is 2.32 bits per heavy atom. The van der Waals surface area contributed by atoms with E-state index < -0.39 is 16.0 Å². The Balaban J connectivity index is 0.909. The van der Waals surface area contributed by atoms with Crippen molar-refractivity contribution in [1.29, 1.82) is 0 Å². The molecule has 1 aromatic carbocycles. The van der Waals surface area contributed by atoms with Gasteiger partial charge in [0.2, 0.25) is 5.91 Å². The molecule has 2 unspecified atom stereocenters. The maximum Gasteiger partial charge on any atom is 0.281 e. The van der Waals surface area contributed by atoms with Crippen molar-refractivity contribution in [2.75, 3.05) is 76.9 Å². The highest BCUT2D eigenvalue weighted by molar-refractivity contribution is 7.86. The Morgan fingerprint density at radius 2 is 1.68 bits per heavy atom. The van der Waals surface area contributed by atoms with Gasteiger partial charge in [0.1, 0.15) is 17.9 Å². The number of aromatic nitrogens is 2. The first-order valence-corrected chi connectivity index (χ1v) is 20.4. The number of fused-ring (bicyclic) bond motifs is 1. The zero-order valence-electron chi connectivity index (χ0n) is 31.4. The lowest BCUT2D eigenvalue weighted by atomic mass is 9.72. The highest BCUT2D eigenvalue weighted by atomic mass is 32.2. The standard InChI is InChI=1S/C38H53FN8O5S/c1-6-35(48)44-19-29-21-46(22-30(29)20-44)53(50,51)45-13-10-38(11-14-45)23-42(24-38)17-28-9-12-43(18-28)36-34(16-40-25-41-36)52-33-8-7-31(39)15-32(33)37(49)47(26(2)3)27(4)5/h6-8,15-16,25-30H,1,9-14,17-24H2,2-5H3/t28-,29?,30?/m0/s1. The zero-order chi connectivity index (χ0) is 37.7. The molecule has 0 aliphatic carbocycles. The van der Waals surface area contributed by atoms with Crippen LogP contribution in [0, 0.1) is 29.0 Å². The molecule has 5 aliphatic rings. The maximum atomic E-state index is 14.4. The largest absolute Gasteiger partial charge is 0.451 e. The van der Waals surface area contributed by atoms with Crippen LogP contribution < -0.4 is 9.64 Å². The molecule has 13 nitrogen and oxygen atoms in total. The van der Waals surface area contributed by atoms with Crippen molar-refractivity contribution in [3.8, 4) is 11.5 Å². The molecule has 288 valence electrons. The SMILES string of the molecule is C=CC(=O)N1CC2CN(S(=O)(=O)N3CCC4(CC3)CN(C[C@@H]3CCN(c5ncncc5Oc5ccc(F)cc5C(=O)N(C(C)C)C(C)C)C3)C4)CC2C1. The van der Waals surface area contributed by atoms with Crippen LogP contribution in [0.5, 0.6) is 11.5 Å². The van der Waals surface area contributed by atoms with Crippen LogP contribution in [0.25, 0.3) is 0 Å². The van der Waals surface area contributed by atoms with Gasteiger partial charge in [-0.3, -0.25) is 9.59 Å². The molecule has 0 saturated carbocycles. The first-order valence-electron chi connectivity index (χ1n) is 19.0. The normalized spacial score (nSPS) is 24.9. The number of ether oxygens (including phenoxy) is 1. The first-order chi connectivity index (χ1) is 25.3. The van der Waals surface area contributed by atoms with Gasteiger partial charge in [-0.1, -0.05) is 6.58 Å². The van der Waals surface area contributed by atoms with Gasteiger partial charge < -0.3 is 24.3 Å². The minimum atomic E-state index is -3.52. The maximum absolute atomic E-state index is 14.4. The van der Waals surface area contributed by atoms with E-state index in [9.17, 15) is 22.4 Å². The second-order valence-corrected chi connectivity index (χ2v) is 18.2. The fraction of sp³-hybridized carbons (Fsp3) is 0.632. The Bertz CT molecular complexity index is 1790. The van der Waals surface area contributed by atoms with E-state index in [-0.39, 0.29) is 52.5 Å². The summed E-state index contributed by atoms with van der Waals surface area (Å²) in [5.41, 5.74) is 0.320. The van der Waals surface area contributed by atoms with Crippen LogP contribution in [-0.4, -0.2) is 138 Å².